The van der Waals surface area contributed by atoms with Crippen molar-refractivity contribution in [3.63, 3.8) is 0 Å². The molecule has 9 heteroatoms. The zero-order valence-corrected chi connectivity index (χ0v) is 21.9. The normalized spacial score (nSPS) is 11.2. The average Bonchev–Trinajstić information content (AvgIpc) is 3.21. The first-order valence-electron chi connectivity index (χ1n) is 10.8. The van der Waals surface area contributed by atoms with Crippen molar-refractivity contribution in [3.8, 4) is 11.5 Å². The van der Waals surface area contributed by atoms with Crippen molar-refractivity contribution in [3.05, 3.63) is 98.8 Å². The Morgan fingerprint density at radius 3 is 2.51 bits per heavy atom. The highest BCUT2D eigenvalue weighted by atomic mass is 35.5. The van der Waals surface area contributed by atoms with Gasteiger partial charge in [0.1, 0.15) is 6.61 Å². The number of hydrogen-bond acceptors (Lipinski definition) is 6. The number of methoxy groups -OCH3 is 1. The van der Waals surface area contributed by atoms with Crippen LogP contribution in [0.15, 0.2) is 70.9 Å². The van der Waals surface area contributed by atoms with Gasteiger partial charge in [0.25, 0.3) is 0 Å². The van der Waals surface area contributed by atoms with Crippen molar-refractivity contribution < 1.29 is 9.47 Å². The van der Waals surface area contributed by atoms with Crippen LogP contribution >= 0.6 is 35.0 Å². The second kappa shape index (κ2) is 11.6. The van der Waals surface area contributed by atoms with Crippen LogP contribution in [0.25, 0.3) is 0 Å². The molecule has 180 valence electrons. The molecule has 0 fully saturated rings. The Balaban J connectivity index is 1.45. The average molecular weight is 527 g/mol. The molecule has 3 aromatic carbocycles. The summed E-state index contributed by atoms with van der Waals surface area (Å²) in [6, 6.07) is 19.4. The van der Waals surface area contributed by atoms with Crippen molar-refractivity contribution in [2.45, 2.75) is 31.4 Å². The van der Waals surface area contributed by atoms with E-state index < -0.39 is 0 Å². The van der Waals surface area contributed by atoms with Crippen LogP contribution in [0, 0.1) is 13.8 Å². The maximum atomic E-state index is 6.29. The van der Waals surface area contributed by atoms with Gasteiger partial charge in [0.2, 0.25) is 5.16 Å². The summed E-state index contributed by atoms with van der Waals surface area (Å²) in [4.78, 5) is 0. The van der Waals surface area contributed by atoms with Gasteiger partial charge in [0.15, 0.2) is 17.3 Å². The molecule has 0 saturated carbocycles. The zero-order chi connectivity index (χ0) is 24.8. The molecule has 0 spiro atoms. The molecular formula is C26H24Cl2N4O2S. The Morgan fingerprint density at radius 2 is 1.77 bits per heavy atom. The minimum atomic E-state index is 0.461. The molecule has 0 amide bonds. The number of ether oxygens (including phenoxy) is 2. The summed E-state index contributed by atoms with van der Waals surface area (Å²) in [5.74, 6) is 2.59. The molecular weight excluding hydrogens is 503 g/mol. The Hall–Kier alpha value is -3.00. The SMILES string of the molecule is COc1cc(/C=N/n2c(C)nnc2SCc2ccc(Cl)cc2Cl)ccc1OCc1ccc(C)cc1. The topological polar surface area (TPSA) is 61.5 Å². The number of thioether (sulfide) groups is 1. The van der Waals surface area contributed by atoms with Crippen molar-refractivity contribution in [1.29, 1.82) is 0 Å². The fourth-order valence-electron chi connectivity index (χ4n) is 3.20. The first-order chi connectivity index (χ1) is 16.9. The molecule has 0 aliphatic carbocycles. The van der Waals surface area contributed by atoms with Crippen LogP contribution in [-0.4, -0.2) is 28.2 Å². The molecule has 4 aromatic rings. The van der Waals surface area contributed by atoms with E-state index >= 15 is 0 Å². The van der Waals surface area contributed by atoms with Crippen LogP contribution in [0.4, 0.5) is 0 Å². The highest BCUT2D eigenvalue weighted by Crippen LogP contribution is 2.30. The molecule has 1 aromatic heterocycles. The third-order valence-electron chi connectivity index (χ3n) is 5.16. The van der Waals surface area contributed by atoms with E-state index in [1.54, 1.807) is 24.1 Å². The van der Waals surface area contributed by atoms with Crippen LogP contribution in [0.5, 0.6) is 11.5 Å². The largest absolute Gasteiger partial charge is 0.493 e. The van der Waals surface area contributed by atoms with Crippen LogP contribution in [0.2, 0.25) is 10.0 Å². The number of halogens is 2. The van der Waals surface area contributed by atoms with Crippen LogP contribution in [0.1, 0.15) is 28.1 Å². The van der Waals surface area contributed by atoms with Gasteiger partial charge in [0, 0.05) is 15.8 Å². The first kappa shape index (κ1) is 25.1. The van der Waals surface area contributed by atoms with Crippen molar-refractivity contribution >= 4 is 41.2 Å². The van der Waals surface area contributed by atoms with Gasteiger partial charge in [-0.1, -0.05) is 70.9 Å². The van der Waals surface area contributed by atoms with Gasteiger partial charge >= 0.3 is 0 Å². The summed E-state index contributed by atoms with van der Waals surface area (Å²) >= 11 is 13.8. The summed E-state index contributed by atoms with van der Waals surface area (Å²) in [6.07, 6.45) is 1.74. The van der Waals surface area contributed by atoms with Crippen LogP contribution in [0.3, 0.4) is 0 Å². The van der Waals surface area contributed by atoms with Crippen LogP contribution < -0.4 is 9.47 Å². The molecule has 6 nitrogen and oxygen atoms in total. The summed E-state index contributed by atoms with van der Waals surface area (Å²) < 4.78 is 13.2. The monoisotopic (exact) mass is 526 g/mol. The van der Waals surface area contributed by atoms with E-state index in [0.717, 1.165) is 16.7 Å². The predicted molar refractivity (Wildman–Crippen MR) is 142 cm³/mol. The van der Waals surface area contributed by atoms with Gasteiger partial charge in [0.05, 0.1) is 13.3 Å². The summed E-state index contributed by atoms with van der Waals surface area (Å²) in [5.41, 5.74) is 4.13. The summed E-state index contributed by atoms with van der Waals surface area (Å²) in [5, 5.41) is 14.9. The molecule has 0 radical (unpaired) electrons. The lowest BCUT2D eigenvalue weighted by Gasteiger charge is -2.11. The smallest absolute Gasteiger partial charge is 0.212 e. The second-order valence-electron chi connectivity index (χ2n) is 7.80. The van der Waals surface area contributed by atoms with Crippen LogP contribution in [-0.2, 0) is 12.4 Å². The molecule has 0 unspecified atom stereocenters. The molecule has 0 N–H and O–H groups in total. The number of rotatable bonds is 9. The number of benzene rings is 3. The highest BCUT2D eigenvalue weighted by Gasteiger charge is 2.11. The van der Waals surface area contributed by atoms with E-state index in [0.29, 0.717) is 44.9 Å². The van der Waals surface area contributed by atoms with Gasteiger partial charge in [-0.2, -0.15) is 9.78 Å². The maximum absolute atomic E-state index is 6.29. The standard InChI is InChI=1S/C26H24Cl2N4O2S/c1-17-4-6-19(7-5-17)15-34-24-11-8-20(12-25(24)33-3)14-29-32-18(2)30-31-26(32)35-16-21-9-10-22(27)13-23(21)28/h4-14H,15-16H2,1-3H3/b29-14+. The van der Waals surface area contributed by atoms with E-state index in [1.165, 1.54) is 17.3 Å². The molecule has 0 atom stereocenters. The van der Waals surface area contributed by atoms with Crippen molar-refractivity contribution in [1.82, 2.24) is 14.9 Å². The van der Waals surface area contributed by atoms with E-state index in [9.17, 15) is 0 Å². The quantitative estimate of drug-likeness (QED) is 0.174. The molecule has 0 saturated heterocycles. The summed E-state index contributed by atoms with van der Waals surface area (Å²) in [7, 11) is 1.62. The highest BCUT2D eigenvalue weighted by molar-refractivity contribution is 7.98. The second-order valence-corrected chi connectivity index (χ2v) is 9.58. The lowest BCUT2D eigenvalue weighted by molar-refractivity contribution is 0.284. The van der Waals surface area contributed by atoms with E-state index in [2.05, 4.69) is 46.5 Å². The Labute approximate surface area is 218 Å². The Morgan fingerprint density at radius 1 is 0.971 bits per heavy atom. The van der Waals surface area contributed by atoms with Gasteiger partial charge in [-0.3, -0.25) is 0 Å². The van der Waals surface area contributed by atoms with Gasteiger partial charge in [-0.25, -0.2) is 0 Å². The third-order valence-corrected chi connectivity index (χ3v) is 6.72. The lowest BCUT2D eigenvalue weighted by Crippen LogP contribution is -1.99. The number of aryl methyl sites for hydroxylation is 2. The lowest BCUT2D eigenvalue weighted by atomic mass is 10.2. The molecule has 4 rings (SSSR count). The zero-order valence-electron chi connectivity index (χ0n) is 19.5. The molecule has 1 heterocycles. The molecule has 35 heavy (non-hydrogen) atoms. The number of hydrogen-bond donors (Lipinski definition) is 0. The predicted octanol–water partition coefficient (Wildman–Crippen LogP) is 6.96. The van der Waals surface area contributed by atoms with Gasteiger partial charge < -0.3 is 9.47 Å². The number of aromatic nitrogens is 3. The molecule has 0 aliphatic heterocycles. The minimum Gasteiger partial charge on any atom is -0.493 e. The minimum absolute atomic E-state index is 0.461. The van der Waals surface area contributed by atoms with Gasteiger partial charge in [-0.05, 0) is 60.9 Å². The molecule has 0 bridgehead atoms. The van der Waals surface area contributed by atoms with E-state index in [1.807, 2.05) is 37.3 Å². The van der Waals surface area contributed by atoms with Crippen molar-refractivity contribution in [2.24, 2.45) is 5.10 Å². The summed E-state index contributed by atoms with van der Waals surface area (Å²) in [6.45, 7) is 4.38. The first-order valence-corrected chi connectivity index (χ1v) is 12.6. The number of nitrogens with zero attached hydrogens (tertiary/aromatic N) is 4. The fraction of sp³-hybridized carbons (Fsp3) is 0.192. The Kier molecular flexibility index (Phi) is 8.33. The fourth-order valence-corrected chi connectivity index (χ4v) is 4.69. The maximum Gasteiger partial charge on any atom is 0.212 e. The third kappa shape index (κ3) is 6.57. The van der Waals surface area contributed by atoms with E-state index in [4.69, 9.17) is 32.7 Å². The van der Waals surface area contributed by atoms with Crippen molar-refractivity contribution in [2.75, 3.05) is 7.11 Å². The molecule has 0 aliphatic rings. The van der Waals surface area contributed by atoms with E-state index in [-0.39, 0.29) is 0 Å². The van der Waals surface area contributed by atoms with Gasteiger partial charge in [-0.15, -0.1) is 10.2 Å². The Bertz CT molecular complexity index is 1340.